The highest BCUT2D eigenvalue weighted by atomic mass is 35.5. The van der Waals surface area contributed by atoms with E-state index in [1.807, 2.05) is 12.1 Å². The molecule has 6 aliphatic rings. The number of carbonyl (C=O) groups excluding carboxylic acids is 3. The van der Waals surface area contributed by atoms with Crippen LogP contribution in [0.5, 0.6) is 12.0 Å². The van der Waals surface area contributed by atoms with Gasteiger partial charge in [0.1, 0.15) is 31.5 Å². The molecule has 12 rings (SSSR count). The van der Waals surface area contributed by atoms with Crippen molar-refractivity contribution in [3.8, 4) is 24.2 Å². The number of rotatable bonds is 18. The van der Waals surface area contributed by atoms with Crippen LogP contribution in [-0.2, 0) is 40.3 Å². The molecule has 8 heterocycles. The number of hydrogen-bond acceptors (Lipinski definition) is 17. The Hall–Kier alpha value is -8.63. The molecule has 92 heavy (non-hydrogen) atoms. The van der Waals surface area contributed by atoms with Gasteiger partial charge in [-0.3, -0.25) is 19.3 Å². The first-order chi connectivity index (χ1) is 44.7. The minimum absolute atomic E-state index is 0.0319. The second kappa shape index (κ2) is 28.1. The summed E-state index contributed by atoms with van der Waals surface area (Å²) >= 11 is 6.90. The zero-order valence-electron chi connectivity index (χ0n) is 53.3. The van der Waals surface area contributed by atoms with Crippen molar-refractivity contribution in [3.05, 3.63) is 130 Å². The average molecular weight is 1270 g/mol. The number of ether oxygens (including phenoxy) is 2. The molecule has 6 aliphatic heterocycles. The van der Waals surface area contributed by atoms with Crippen molar-refractivity contribution in [3.63, 3.8) is 0 Å². The van der Waals surface area contributed by atoms with Crippen LogP contribution >= 0.6 is 11.6 Å². The summed E-state index contributed by atoms with van der Waals surface area (Å²) in [7, 11) is 5.98. The van der Waals surface area contributed by atoms with Gasteiger partial charge in [-0.2, -0.15) is 30.5 Å². The zero-order valence-corrected chi connectivity index (χ0v) is 54.1. The minimum Gasteiger partial charge on any atom is -0.462 e. The quantitative estimate of drug-likeness (QED) is 0.0743. The maximum atomic E-state index is 13.7. The van der Waals surface area contributed by atoms with E-state index in [0.29, 0.717) is 109 Å². The highest BCUT2D eigenvalue weighted by Crippen LogP contribution is 2.42. The van der Waals surface area contributed by atoms with Gasteiger partial charge in [0.25, 0.3) is 0 Å². The fourth-order valence-corrected chi connectivity index (χ4v) is 14.8. The lowest BCUT2D eigenvalue weighted by Crippen LogP contribution is -2.55. The van der Waals surface area contributed by atoms with Crippen LogP contribution in [0.4, 0.5) is 27.4 Å². The number of benzene rings is 4. The predicted molar refractivity (Wildman–Crippen MR) is 355 cm³/mol. The molecule has 0 bridgehead atoms. The first-order valence-electron chi connectivity index (χ1n) is 32.3. The van der Waals surface area contributed by atoms with E-state index < -0.39 is 12.7 Å². The number of carbonyl (C=O) groups is 3. The first-order valence-corrected chi connectivity index (χ1v) is 32.7. The van der Waals surface area contributed by atoms with E-state index >= 15 is 0 Å². The van der Waals surface area contributed by atoms with Gasteiger partial charge in [0.15, 0.2) is 0 Å². The molecular formula is C70H81ClFN15O5. The number of hydrogen-bond donors (Lipinski definition) is 0. The van der Waals surface area contributed by atoms with Gasteiger partial charge in [0.2, 0.25) is 17.7 Å². The van der Waals surface area contributed by atoms with Crippen molar-refractivity contribution in [1.29, 1.82) is 10.5 Å². The number of amides is 3. The summed E-state index contributed by atoms with van der Waals surface area (Å²) in [4.78, 5) is 78.4. The summed E-state index contributed by atoms with van der Waals surface area (Å²) in [5.74, 6) is 1.13. The second-order valence-corrected chi connectivity index (χ2v) is 25.9. The maximum absolute atomic E-state index is 13.7. The van der Waals surface area contributed by atoms with Gasteiger partial charge in [-0.05, 0) is 112 Å². The normalized spacial score (nSPS) is 21.3. The fourth-order valence-electron chi connectivity index (χ4n) is 14.5. The molecule has 20 nitrogen and oxygen atoms in total. The molecule has 1 unspecified atom stereocenters. The van der Waals surface area contributed by atoms with Crippen LogP contribution in [0.2, 0.25) is 5.02 Å². The van der Waals surface area contributed by atoms with Gasteiger partial charge in [0.05, 0.1) is 66.6 Å². The molecule has 0 spiro atoms. The van der Waals surface area contributed by atoms with E-state index in [9.17, 15) is 29.3 Å². The lowest BCUT2D eigenvalue weighted by molar-refractivity contribution is -0.129. The number of likely N-dealkylation sites (tertiary alicyclic amines) is 2. The van der Waals surface area contributed by atoms with E-state index in [4.69, 9.17) is 41.0 Å². The van der Waals surface area contributed by atoms with Crippen molar-refractivity contribution in [2.45, 2.75) is 102 Å². The maximum Gasteiger partial charge on any atom is 0.318 e. The third-order valence-corrected chi connectivity index (χ3v) is 20.0. The summed E-state index contributed by atoms with van der Waals surface area (Å²) in [6, 6.07) is 28.2. The van der Waals surface area contributed by atoms with E-state index in [1.54, 1.807) is 22.9 Å². The highest BCUT2D eigenvalue weighted by molar-refractivity contribution is 6.36. The van der Waals surface area contributed by atoms with Crippen LogP contribution < -0.4 is 29.1 Å². The van der Waals surface area contributed by atoms with Crippen molar-refractivity contribution < 1.29 is 28.2 Å². The average Bonchev–Trinajstić information content (AvgIpc) is 0.991. The van der Waals surface area contributed by atoms with Gasteiger partial charge >= 0.3 is 12.0 Å². The Kier molecular flexibility index (Phi) is 19.4. The summed E-state index contributed by atoms with van der Waals surface area (Å²) < 4.78 is 26.5. The number of alkyl halides is 1. The zero-order chi connectivity index (χ0) is 64.2. The van der Waals surface area contributed by atoms with Gasteiger partial charge in [-0.1, -0.05) is 66.2 Å². The van der Waals surface area contributed by atoms with Crippen molar-refractivity contribution in [2.24, 2.45) is 0 Å². The molecule has 6 aromatic rings. The number of anilines is 4. The number of nitrogens with zero attached hydrogens (tertiary/aromatic N) is 15. The topological polar surface area (TPSA) is 198 Å². The van der Waals surface area contributed by atoms with Crippen LogP contribution in [0.15, 0.2) is 91.0 Å². The Morgan fingerprint density at radius 3 is 1.86 bits per heavy atom. The Morgan fingerprint density at radius 2 is 1.26 bits per heavy atom. The molecule has 3 amide bonds. The van der Waals surface area contributed by atoms with E-state index in [2.05, 4.69) is 117 Å². The number of aromatic nitrogens is 4. The molecule has 0 saturated carbocycles. The Balaban J connectivity index is 0.805. The molecule has 480 valence electrons. The largest absolute Gasteiger partial charge is 0.462 e. The van der Waals surface area contributed by atoms with Crippen LogP contribution in [-0.4, -0.2) is 199 Å². The lowest BCUT2D eigenvalue weighted by Gasteiger charge is -2.42. The molecule has 2 aromatic heterocycles. The molecule has 4 aromatic carbocycles. The van der Waals surface area contributed by atoms with E-state index in [1.165, 1.54) is 52.0 Å². The standard InChI is InChI=1S/C70H81ClFN15O5/c1-46-12-6-15-49-36-50(38-62(65(46)49)83-31-24-57-60(43-83)76-69(91-44-54-16-10-29-80(54)4)77-68(57)85-33-35-87(53(41-85)22-27-74)64(90)20-11-28-79(3)47(2)88)51-37-55(81(5)39-51)45-92-70-75-59-42-82(61-18-8-14-48-13-7-17-58(71)66(48)61)30-23-56(59)67(78-70)84-32-34-86(52(40-84)21-26-73)63(89)19-9-25-72/h6-9,11-15,17-20,36,38,51-55H,10,16,21-25,28-35,37,39-45H2,1-5H3/b19-9+,20-11+/t51?,52-,53-,54-,55+/m0/s1. The van der Waals surface area contributed by atoms with Crippen LogP contribution in [0, 0.1) is 29.6 Å². The van der Waals surface area contributed by atoms with Crippen molar-refractivity contribution >= 4 is 73.9 Å². The monoisotopic (exact) mass is 1270 g/mol. The predicted octanol–water partition coefficient (Wildman–Crippen LogP) is 8.42. The summed E-state index contributed by atoms with van der Waals surface area (Å²) in [5, 5.41) is 25.1. The van der Waals surface area contributed by atoms with Gasteiger partial charge in [0, 0.05) is 137 Å². The summed E-state index contributed by atoms with van der Waals surface area (Å²) in [5.41, 5.74) is 8.40. The number of piperazine rings is 2. The minimum atomic E-state index is -0.747. The Bertz CT molecular complexity index is 3910. The molecule has 22 heteroatoms. The molecule has 5 atom stereocenters. The molecule has 4 saturated heterocycles. The fraction of sp³-hybridized carbons (Fsp3) is 0.471. The van der Waals surface area contributed by atoms with E-state index in [0.717, 1.165) is 88.6 Å². The van der Waals surface area contributed by atoms with Gasteiger partial charge < -0.3 is 48.7 Å². The van der Waals surface area contributed by atoms with Crippen LogP contribution in [0.1, 0.15) is 78.6 Å². The number of halogens is 2. The molecule has 4 fully saturated rings. The van der Waals surface area contributed by atoms with Crippen LogP contribution in [0.25, 0.3) is 21.5 Å². The highest BCUT2D eigenvalue weighted by Gasteiger charge is 2.38. The number of nitriles is 2. The summed E-state index contributed by atoms with van der Waals surface area (Å²) in [6.45, 7) is 10.8. The lowest BCUT2D eigenvalue weighted by atomic mass is 9.91. The Morgan fingerprint density at radius 1 is 0.674 bits per heavy atom. The number of aryl methyl sites for hydroxylation is 1. The van der Waals surface area contributed by atoms with Crippen molar-refractivity contribution in [2.75, 3.05) is 133 Å². The second-order valence-electron chi connectivity index (χ2n) is 25.5. The Labute approximate surface area is 543 Å². The van der Waals surface area contributed by atoms with E-state index in [-0.39, 0.29) is 60.6 Å². The van der Waals surface area contributed by atoms with Gasteiger partial charge in [-0.25, -0.2) is 4.39 Å². The smallest absolute Gasteiger partial charge is 0.318 e. The third-order valence-electron chi connectivity index (χ3n) is 19.7. The first kappa shape index (κ1) is 63.5. The SMILES string of the molecule is CC(=O)N(C)C/C=C/C(=O)N1CCN(c2nc(OC[C@@H]3CCCN3C)nc3c2CCN(c2cc(C4C[C@H](COc5nc6c(c(N7CCN(C(=O)/C=C/CF)[C@@H](CC#N)C7)n5)CCN(c5cccc7cccc(Cl)c57)C6)N(C)C4)cc4cccc(C)c24)C3)C[C@@H]1CC#N. The molecule has 0 N–H and O–H groups in total. The molecular weight excluding hydrogens is 1190 g/mol. The van der Waals surface area contributed by atoms with Crippen LogP contribution in [0.3, 0.4) is 0 Å². The number of likely N-dealkylation sites (N-methyl/N-ethyl adjacent to an activating group) is 3. The van der Waals surface area contributed by atoms with Gasteiger partial charge in [-0.15, -0.1) is 0 Å². The van der Waals surface area contributed by atoms with Crippen molar-refractivity contribution in [1.82, 2.24) is 44.4 Å². The summed E-state index contributed by atoms with van der Waals surface area (Å²) in [6.07, 6.45) is 10.2. The number of allylic oxidation sites excluding steroid dienone is 1. The molecule has 0 aliphatic carbocycles. The number of fused-ring (bicyclic) bond motifs is 4. The third kappa shape index (κ3) is 13.5. The molecule has 0 radical (unpaired) electrons.